The fraction of sp³-hybridized carbons (Fsp3) is 0.172. The van der Waals surface area contributed by atoms with Gasteiger partial charge in [-0.3, -0.25) is 9.59 Å². The lowest BCUT2D eigenvalue weighted by atomic mass is 10.1. The Morgan fingerprint density at radius 1 is 1.00 bits per heavy atom. The monoisotopic (exact) mass is 527 g/mol. The summed E-state index contributed by atoms with van der Waals surface area (Å²) in [5, 5.41) is 11.6. The van der Waals surface area contributed by atoms with Gasteiger partial charge in [-0.15, -0.1) is 11.3 Å². The Bertz CT molecular complexity index is 1760. The van der Waals surface area contributed by atoms with Gasteiger partial charge in [0.2, 0.25) is 0 Å². The topological polar surface area (TPSA) is 99.5 Å². The van der Waals surface area contributed by atoms with E-state index >= 15 is 0 Å². The summed E-state index contributed by atoms with van der Waals surface area (Å²) >= 11 is 1.14. The number of rotatable bonds is 7. The molecule has 1 amide bonds. The van der Waals surface area contributed by atoms with Crippen LogP contribution in [-0.4, -0.2) is 34.9 Å². The number of aryl methyl sites for hydroxylation is 2. The van der Waals surface area contributed by atoms with Crippen molar-refractivity contribution in [2.24, 2.45) is 0 Å². The summed E-state index contributed by atoms with van der Waals surface area (Å²) in [4.78, 5) is 39.2. The summed E-state index contributed by atoms with van der Waals surface area (Å²) in [6.45, 7) is 5.50. The third kappa shape index (κ3) is 4.88. The quantitative estimate of drug-likeness (QED) is 0.284. The fourth-order valence-corrected chi connectivity index (χ4v) is 5.05. The molecular weight excluding hydrogens is 502 g/mol. The number of aromatic nitrogens is 2. The van der Waals surface area contributed by atoms with E-state index in [2.05, 4.69) is 10.4 Å². The lowest BCUT2D eigenvalue weighted by Crippen LogP contribution is -2.26. The molecule has 3 aromatic carbocycles. The molecule has 1 N–H and O–H groups in total. The van der Waals surface area contributed by atoms with Gasteiger partial charge in [0.1, 0.15) is 10.8 Å². The largest absolute Gasteiger partial charge is 0.484 e. The third-order valence-electron chi connectivity index (χ3n) is 6.20. The van der Waals surface area contributed by atoms with Gasteiger partial charge in [-0.1, -0.05) is 36.4 Å². The van der Waals surface area contributed by atoms with Gasteiger partial charge in [-0.25, -0.2) is 4.79 Å². The molecular formula is C29H25N3O5S. The Kier molecular flexibility index (Phi) is 6.93. The van der Waals surface area contributed by atoms with Crippen LogP contribution in [0.2, 0.25) is 0 Å². The molecule has 0 aliphatic rings. The number of esters is 1. The molecule has 8 nitrogen and oxygen atoms in total. The summed E-state index contributed by atoms with van der Waals surface area (Å²) in [7, 11) is 0. The predicted octanol–water partition coefficient (Wildman–Crippen LogP) is 5.41. The number of ether oxygens (including phenoxy) is 2. The van der Waals surface area contributed by atoms with Crippen molar-refractivity contribution in [3.63, 3.8) is 0 Å². The maximum atomic E-state index is 13.6. The van der Waals surface area contributed by atoms with Crippen molar-refractivity contribution in [3.8, 4) is 11.4 Å². The van der Waals surface area contributed by atoms with Crippen molar-refractivity contribution < 1.29 is 19.1 Å². The lowest BCUT2D eigenvalue weighted by Gasteiger charge is -2.11. The molecule has 0 atom stereocenters. The number of fused-ring (bicyclic) bond motifs is 2. The molecule has 2 aromatic heterocycles. The molecule has 0 unspecified atom stereocenters. The molecule has 0 spiro atoms. The number of carbonyl (C=O) groups is 2. The minimum Gasteiger partial charge on any atom is -0.484 e. The molecule has 2 heterocycles. The zero-order valence-corrected chi connectivity index (χ0v) is 21.9. The van der Waals surface area contributed by atoms with Crippen LogP contribution < -0.4 is 15.6 Å². The van der Waals surface area contributed by atoms with E-state index in [0.717, 1.165) is 33.2 Å². The predicted molar refractivity (Wildman–Crippen MR) is 149 cm³/mol. The summed E-state index contributed by atoms with van der Waals surface area (Å²) in [6, 6.07) is 18.9. The van der Waals surface area contributed by atoms with E-state index < -0.39 is 17.4 Å². The highest BCUT2D eigenvalue weighted by Crippen LogP contribution is 2.31. The third-order valence-corrected chi connectivity index (χ3v) is 7.10. The first-order valence-electron chi connectivity index (χ1n) is 12.1. The second kappa shape index (κ2) is 10.5. The first-order chi connectivity index (χ1) is 18.4. The molecule has 0 radical (unpaired) electrons. The van der Waals surface area contributed by atoms with Crippen molar-refractivity contribution in [2.45, 2.75) is 20.8 Å². The Labute approximate surface area is 222 Å². The molecule has 38 heavy (non-hydrogen) atoms. The Balaban J connectivity index is 1.48. The van der Waals surface area contributed by atoms with Gasteiger partial charge in [0.05, 0.1) is 17.7 Å². The van der Waals surface area contributed by atoms with E-state index in [4.69, 9.17) is 9.47 Å². The van der Waals surface area contributed by atoms with Crippen LogP contribution in [0.1, 0.15) is 28.5 Å². The standard InChI is InChI=1S/C29H25N3O5S/c1-4-36-29(35)26-23-16-38-27(25(23)28(34)32(31-26)21-11-9-17(2)18(3)13-21)30-24(33)15-37-22-12-10-19-7-5-6-8-20(19)14-22/h5-14,16H,4,15H2,1-3H3,(H,30,33). The Morgan fingerprint density at radius 3 is 2.55 bits per heavy atom. The number of carbonyl (C=O) groups excluding carboxylic acids is 2. The van der Waals surface area contributed by atoms with Gasteiger partial charge >= 0.3 is 5.97 Å². The Morgan fingerprint density at radius 2 is 1.79 bits per heavy atom. The van der Waals surface area contributed by atoms with E-state index in [0.29, 0.717) is 21.8 Å². The molecule has 0 aliphatic carbocycles. The molecule has 0 saturated heterocycles. The first kappa shape index (κ1) is 25.2. The van der Waals surface area contributed by atoms with E-state index in [-0.39, 0.29) is 24.3 Å². The maximum absolute atomic E-state index is 13.6. The van der Waals surface area contributed by atoms with E-state index in [1.807, 2.05) is 62.4 Å². The van der Waals surface area contributed by atoms with Crippen molar-refractivity contribution in [2.75, 3.05) is 18.5 Å². The number of nitrogens with one attached hydrogen (secondary N) is 1. The van der Waals surface area contributed by atoms with Crippen molar-refractivity contribution in [3.05, 3.63) is 93.2 Å². The van der Waals surface area contributed by atoms with E-state index in [9.17, 15) is 14.4 Å². The normalized spacial score (nSPS) is 11.0. The smallest absolute Gasteiger partial charge is 0.359 e. The van der Waals surface area contributed by atoms with Crippen LogP contribution in [0.15, 0.2) is 70.8 Å². The molecule has 5 rings (SSSR count). The van der Waals surface area contributed by atoms with Crippen LogP contribution in [0.5, 0.6) is 5.75 Å². The average molecular weight is 528 g/mol. The number of hydrogen-bond donors (Lipinski definition) is 1. The highest BCUT2D eigenvalue weighted by molar-refractivity contribution is 7.16. The van der Waals surface area contributed by atoms with Crippen LogP contribution in [0, 0.1) is 13.8 Å². The highest BCUT2D eigenvalue weighted by atomic mass is 32.1. The number of thiophene rings is 1. The molecule has 0 aliphatic heterocycles. The first-order valence-corrected chi connectivity index (χ1v) is 12.9. The van der Waals surface area contributed by atoms with Gasteiger partial charge in [0.25, 0.3) is 11.5 Å². The maximum Gasteiger partial charge on any atom is 0.359 e. The summed E-state index contributed by atoms with van der Waals surface area (Å²) < 4.78 is 12.1. The number of amides is 1. The highest BCUT2D eigenvalue weighted by Gasteiger charge is 2.23. The fourth-order valence-electron chi connectivity index (χ4n) is 4.09. The van der Waals surface area contributed by atoms with Gasteiger partial charge < -0.3 is 14.8 Å². The zero-order valence-electron chi connectivity index (χ0n) is 21.1. The number of hydrogen-bond acceptors (Lipinski definition) is 7. The molecule has 0 saturated carbocycles. The van der Waals surface area contributed by atoms with Crippen molar-refractivity contribution in [1.82, 2.24) is 9.78 Å². The van der Waals surface area contributed by atoms with E-state index in [1.165, 1.54) is 4.68 Å². The number of nitrogens with zero attached hydrogens (tertiary/aromatic N) is 2. The number of anilines is 1. The molecule has 192 valence electrons. The second-order valence-electron chi connectivity index (χ2n) is 8.75. The lowest BCUT2D eigenvalue weighted by molar-refractivity contribution is -0.118. The van der Waals surface area contributed by atoms with Crippen LogP contribution >= 0.6 is 11.3 Å². The van der Waals surface area contributed by atoms with Crippen molar-refractivity contribution in [1.29, 1.82) is 0 Å². The molecule has 9 heteroatoms. The SMILES string of the molecule is CCOC(=O)c1nn(-c2ccc(C)c(C)c2)c(=O)c2c(NC(=O)COc3ccc4ccccc4c3)scc12. The van der Waals surface area contributed by atoms with Crippen LogP contribution in [0.4, 0.5) is 5.00 Å². The minimum absolute atomic E-state index is 0.00356. The van der Waals surface area contributed by atoms with Crippen molar-refractivity contribution >= 4 is 49.8 Å². The van der Waals surface area contributed by atoms with Gasteiger partial charge in [0, 0.05) is 10.8 Å². The van der Waals surface area contributed by atoms with Crippen LogP contribution in [0.3, 0.4) is 0 Å². The Hall–Kier alpha value is -4.50. The van der Waals surface area contributed by atoms with Gasteiger partial charge in [-0.05, 0) is 66.9 Å². The second-order valence-corrected chi connectivity index (χ2v) is 9.63. The summed E-state index contributed by atoms with van der Waals surface area (Å²) in [6.07, 6.45) is 0. The average Bonchev–Trinajstić information content (AvgIpc) is 3.33. The molecule has 5 aromatic rings. The van der Waals surface area contributed by atoms with Gasteiger partial charge in [-0.2, -0.15) is 9.78 Å². The number of benzene rings is 3. The van der Waals surface area contributed by atoms with Gasteiger partial charge in [0.15, 0.2) is 12.3 Å². The molecule has 0 fully saturated rings. The summed E-state index contributed by atoms with van der Waals surface area (Å²) in [5.41, 5.74) is 2.09. The van der Waals surface area contributed by atoms with Crippen LogP contribution in [-0.2, 0) is 9.53 Å². The summed E-state index contributed by atoms with van der Waals surface area (Å²) in [5.74, 6) is -0.528. The van der Waals surface area contributed by atoms with Crippen LogP contribution in [0.25, 0.3) is 27.2 Å². The minimum atomic E-state index is -0.648. The zero-order chi connectivity index (χ0) is 26.8. The molecule has 0 bridgehead atoms. The van der Waals surface area contributed by atoms with E-state index in [1.54, 1.807) is 24.4 Å².